The van der Waals surface area contributed by atoms with Crippen LogP contribution in [0.25, 0.3) is 0 Å². The zero-order valence-corrected chi connectivity index (χ0v) is 12.3. The largest absolute Gasteiger partial charge is 0.468 e. The van der Waals surface area contributed by atoms with Gasteiger partial charge in [-0.05, 0) is 33.6 Å². The molecule has 1 rings (SSSR count). The summed E-state index contributed by atoms with van der Waals surface area (Å²) in [5.41, 5.74) is -1.03. The third kappa shape index (κ3) is 3.95. The number of methoxy groups -OCH3 is 2. The molecule has 1 saturated carbocycles. The number of ether oxygens (including phenoxy) is 2. The van der Waals surface area contributed by atoms with Crippen molar-refractivity contribution in [1.82, 2.24) is 5.32 Å². The molecule has 0 spiro atoms. The molecule has 1 aliphatic carbocycles. The fraction of sp³-hybridized carbons (Fsp3) is 0.929. The van der Waals surface area contributed by atoms with Crippen molar-refractivity contribution in [2.24, 2.45) is 0 Å². The van der Waals surface area contributed by atoms with E-state index in [9.17, 15) is 4.79 Å². The minimum atomic E-state index is -0.677. The third-order valence-electron chi connectivity index (χ3n) is 3.85. The van der Waals surface area contributed by atoms with Crippen molar-refractivity contribution in [2.45, 2.75) is 70.1 Å². The second-order valence-electron chi connectivity index (χ2n) is 6.09. The maximum atomic E-state index is 12.1. The lowest BCUT2D eigenvalue weighted by atomic mass is 9.86. The first-order valence-corrected chi connectivity index (χ1v) is 6.74. The zero-order chi connectivity index (χ0) is 13.8. The van der Waals surface area contributed by atoms with Gasteiger partial charge in [-0.15, -0.1) is 0 Å². The molecule has 1 fully saturated rings. The Bertz CT molecular complexity index is 285. The van der Waals surface area contributed by atoms with E-state index in [1.54, 1.807) is 7.11 Å². The smallest absolute Gasteiger partial charge is 0.325 e. The Morgan fingerprint density at radius 2 is 1.78 bits per heavy atom. The van der Waals surface area contributed by atoms with Gasteiger partial charge in [0, 0.05) is 19.6 Å². The van der Waals surface area contributed by atoms with Gasteiger partial charge in [0.25, 0.3) is 0 Å². The summed E-state index contributed by atoms with van der Waals surface area (Å²) >= 11 is 0. The van der Waals surface area contributed by atoms with Gasteiger partial charge in [-0.3, -0.25) is 10.1 Å². The fourth-order valence-corrected chi connectivity index (χ4v) is 2.85. The second kappa shape index (κ2) is 6.02. The number of nitrogens with one attached hydrogen (secondary N) is 1. The summed E-state index contributed by atoms with van der Waals surface area (Å²) in [7, 11) is 3.12. The van der Waals surface area contributed by atoms with Crippen molar-refractivity contribution < 1.29 is 14.3 Å². The van der Waals surface area contributed by atoms with Crippen LogP contribution in [0.5, 0.6) is 0 Å². The Kier molecular flexibility index (Phi) is 5.17. The standard InChI is InChI=1S/C14H27NO3/c1-13(2,18-5)10-14(3,12(16)17-4)15-11-8-6-7-9-11/h11,15H,6-10H2,1-5H3. The highest BCUT2D eigenvalue weighted by Crippen LogP contribution is 2.28. The van der Waals surface area contributed by atoms with Gasteiger partial charge in [0.2, 0.25) is 0 Å². The van der Waals surface area contributed by atoms with Crippen LogP contribution in [0.4, 0.5) is 0 Å². The van der Waals surface area contributed by atoms with Crippen LogP contribution in [-0.4, -0.2) is 37.4 Å². The SMILES string of the molecule is COC(=O)C(C)(CC(C)(C)OC)NC1CCCC1. The van der Waals surface area contributed by atoms with Gasteiger partial charge >= 0.3 is 5.97 Å². The van der Waals surface area contributed by atoms with Crippen molar-refractivity contribution in [2.75, 3.05) is 14.2 Å². The number of esters is 1. The molecule has 1 atom stereocenters. The molecule has 0 aromatic heterocycles. The van der Waals surface area contributed by atoms with Gasteiger partial charge in [-0.25, -0.2) is 0 Å². The molecule has 0 radical (unpaired) electrons. The molecule has 0 heterocycles. The summed E-state index contributed by atoms with van der Waals surface area (Å²) < 4.78 is 10.4. The summed E-state index contributed by atoms with van der Waals surface area (Å²) in [6.07, 6.45) is 5.35. The minimum Gasteiger partial charge on any atom is -0.468 e. The summed E-state index contributed by atoms with van der Waals surface area (Å²) in [6, 6.07) is 0.418. The summed E-state index contributed by atoms with van der Waals surface area (Å²) in [6.45, 7) is 5.90. The Morgan fingerprint density at radius 3 is 2.22 bits per heavy atom. The van der Waals surface area contributed by atoms with Crippen LogP contribution in [0.15, 0.2) is 0 Å². The van der Waals surface area contributed by atoms with Crippen molar-refractivity contribution >= 4 is 5.97 Å². The topological polar surface area (TPSA) is 47.6 Å². The van der Waals surface area contributed by atoms with Crippen molar-refractivity contribution in [3.8, 4) is 0 Å². The Morgan fingerprint density at radius 1 is 1.22 bits per heavy atom. The van der Waals surface area contributed by atoms with E-state index in [-0.39, 0.29) is 11.6 Å². The number of hydrogen-bond acceptors (Lipinski definition) is 4. The second-order valence-corrected chi connectivity index (χ2v) is 6.09. The van der Waals surface area contributed by atoms with Crippen LogP contribution in [0, 0.1) is 0 Å². The van der Waals surface area contributed by atoms with Crippen LogP contribution in [-0.2, 0) is 14.3 Å². The van der Waals surface area contributed by atoms with Crippen molar-refractivity contribution in [3.63, 3.8) is 0 Å². The molecule has 0 aromatic rings. The molecule has 4 heteroatoms. The number of carbonyl (C=O) groups is 1. The Balaban J connectivity index is 2.77. The van der Waals surface area contributed by atoms with Crippen LogP contribution in [0.1, 0.15) is 52.9 Å². The summed E-state index contributed by atoms with van der Waals surface area (Å²) in [5, 5.41) is 3.48. The predicted molar refractivity (Wildman–Crippen MR) is 71.5 cm³/mol. The Hall–Kier alpha value is -0.610. The third-order valence-corrected chi connectivity index (χ3v) is 3.85. The van der Waals surface area contributed by atoms with Crippen LogP contribution >= 0.6 is 0 Å². The normalized spacial score (nSPS) is 20.7. The molecular weight excluding hydrogens is 230 g/mol. The first-order chi connectivity index (χ1) is 8.33. The van der Waals surface area contributed by atoms with E-state index in [2.05, 4.69) is 5.32 Å². The number of carbonyl (C=O) groups excluding carboxylic acids is 1. The van der Waals surface area contributed by atoms with E-state index in [1.807, 2.05) is 20.8 Å². The molecule has 106 valence electrons. The molecule has 4 nitrogen and oxygen atoms in total. The van der Waals surface area contributed by atoms with Crippen LogP contribution in [0.3, 0.4) is 0 Å². The number of rotatable bonds is 6. The average molecular weight is 257 g/mol. The number of hydrogen-bond donors (Lipinski definition) is 1. The lowest BCUT2D eigenvalue weighted by Crippen LogP contribution is -2.57. The molecule has 1 aliphatic rings. The van der Waals surface area contributed by atoms with Gasteiger partial charge in [0.15, 0.2) is 0 Å². The van der Waals surface area contributed by atoms with E-state index in [1.165, 1.54) is 20.0 Å². The highest BCUT2D eigenvalue weighted by molar-refractivity contribution is 5.80. The van der Waals surface area contributed by atoms with E-state index in [4.69, 9.17) is 9.47 Å². The van der Waals surface area contributed by atoms with Gasteiger partial charge in [-0.1, -0.05) is 12.8 Å². The Labute approximate surface area is 110 Å². The lowest BCUT2D eigenvalue weighted by Gasteiger charge is -2.37. The highest BCUT2D eigenvalue weighted by Gasteiger charge is 2.41. The van der Waals surface area contributed by atoms with E-state index >= 15 is 0 Å². The molecule has 0 amide bonds. The molecule has 0 saturated heterocycles. The van der Waals surface area contributed by atoms with E-state index in [0.717, 1.165) is 12.8 Å². The van der Waals surface area contributed by atoms with Gasteiger partial charge in [-0.2, -0.15) is 0 Å². The predicted octanol–water partition coefficient (Wildman–Crippen LogP) is 2.27. The maximum absolute atomic E-state index is 12.1. The monoisotopic (exact) mass is 257 g/mol. The maximum Gasteiger partial charge on any atom is 0.325 e. The van der Waals surface area contributed by atoms with E-state index in [0.29, 0.717) is 12.5 Å². The van der Waals surface area contributed by atoms with E-state index < -0.39 is 5.54 Å². The van der Waals surface area contributed by atoms with Crippen molar-refractivity contribution in [1.29, 1.82) is 0 Å². The van der Waals surface area contributed by atoms with Gasteiger partial charge in [0.1, 0.15) is 5.54 Å². The van der Waals surface area contributed by atoms with Crippen LogP contribution in [0.2, 0.25) is 0 Å². The molecule has 0 bridgehead atoms. The summed E-state index contributed by atoms with van der Waals surface area (Å²) in [4.78, 5) is 12.1. The highest BCUT2D eigenvalue weighted by atomic mass is 16.5. The minimum absolute atomic E-state index is 0.209. The first-order valence-electron chi connectivity index (χ1n) is 6.74. The molecule has 18 heavy (non-hydrogen) atoms. The first kappa shape index (κ1) is 15.4. The zero-order valence-electron chi connectivity index (χ0n) is 12.3. The van der Waals surface area contributed by atoms with Crippen LogP contribution < -0.4 is 5.32 Å². The fourth-order valence-electron chi connectivity index (χ4n) is 2.85. The van der Waals surface area contributed by atoms with Crippen molar-refractivity contribution in [3.05, 3.63) is 0 Å². The lowest BCUT2D eigenvalue weighted by molar-refractivity contribution is -0.151. The molecular formula is C14H27NO3. The quantitative estimate of drug-likeness (QED) is 0.742. The molecule has 1 unspecified atom stereocenters. The van der Waals surface area contributed by atoms with Gasteiger partial charge < -0.3 is 9.47 Å². The molecule has 1 N–H and O–H groups in total. The molecule has 0 aliphatic heterocycles. The molecule has 0 aromatic carbocycles. The average Bonchev–Trinajstić information content (AvgIpc) is 2.79. The van der Waals surface area contributed by atoms with Gasteiger partial charge in [0.05, 0.1) is 12.7 Å². The summed E-state index contributed by atoms with van der Waals surface area (Å²) in [5.74, 6) is -0.209.